The Morgan fingerprint density at radius 3 is 2.78 bits per heavy atom. The van der Waals surface area contributed by atoms with E-state index in [1.807, 2.05) is 0 Å². The molecule has 3 aliphatic carbocycles. The van der Waals surface area contributed by atoms with Crippen LogP contribution in [0.15, 0.2) is 35.5 Å². The summed E-state index contributed by atoms with van der Waals surface area (Å²) in [5.74, 6) is 1.60. The van der Waals surface area contributed by atoms with Crippen molar-refractivity contribution in [3.63, 3.8) is 0 Å². The maximum absolute atomic E-state index is 9.99. The van der Waals surface area contributed by atoms with Gasteiger partial charge in [-0.2, -0.15) is 0 Å². The molecule has 2 heteroatoms. The average Bonchev–Trinajstić information content (AvgIpc) is 2.86. The van der Waals surface area contributed by atoms with E-state index in [2.05, 4.69) is 32.6 Å². The lowest BCUT2D eigenvalue weighted by Crippen LogP contribution is -2.33. The summed E-state index contributed by atoms with van der Waals surface area (Å²) in [6, 6.07) is 0. The first-order chi connectivity index (χ1) is 11.0. The van der Waals surface area contributed by atoms with Gasteiger partial charge < -0.3 is 10.2 Å². The van der Waals surface area contributed by atoms with Crippen LogP contribution in [0.4, 0.5) is 0 Å². The molecule has 0 aromatic heterocycles. The van der Waals surface area contributed by atoms with Gasteiger partial charge >= 0.3 is 0 Å². The van der Waals surface area contributed by atoms with Crippen molar-refractivity contribution >= 4 is 0 Å². The zero-order chi connectivity index (χ0) is 16.6. The minimum absolute atomic E-state index is 0.422. The van der Waals surface area contributed by atoms with Crippen LogP contribution in [0.1, 0.15) is 65.2 Å². The van der Waals surface area contributed by atoms with E-state index in [1.165, 1.54) is 38.5 Å². The fourth-order valence-electron chi connectivity index (χ4n) is 5.48. The lowest BCUT2D eigenvalue weighted by atomic mass is 9.63. The average molecular weight is 316 g/mol. The number of fused-ring (bicyclic) bond motifs is 1. The number of hydrogen-bond donors (Lipinski definition) is 2. The van der Waals surface area contributed by atoms with Crippen LogP contribution in [0.2, 0.25) is 0 Å². The van der Waals surface area contributed by atoms with E-state index in [4.69, 9.17) is 0 Å². The van der Waals surface area contributed by atoms with Crippen LogP contribution < -0.4 is 0 Å². The molecule has 3 aliphatic rings. The summed E-state index contributed by atoms with van der Waals surface area (Å²) in [7, 11) is 0. The van der Waals surface area contributed by atoms with Crippen molar-refractivity contribution in [1.82, 2.24) is 0 Å². The van der Waals surface area contributed by atoms with E-state index in [9.17, 15) is 10.2 Å². The van der Waals surface area contributed by atoms with Crippen molar-refractivity contribution in [1.29, 1.82) is 0 Å². The van der Waals surface area contributed by atoms with Gasteiger partial charge in [0.25, 0.3) is 0 Å². The first kappa shape index (κ1) is 17.0. The summed E-state index contributed by atoms with van der Waals surface area (Å²) < 4.78 is 0. The molecule has 2 N–H and O–H groups in total. The summed E-state index contributed by atoms with van der Waals surface area (Å²) in [6.07, 6.45) is 12.3. The molecule has 0 radical (unpaired) electrons. The Morgan fingerprint density at radius 2 is 2.04 bits per heavy atom. The van der Waals surface area contributed by atoms with Crippen molar-refractivity contribution in [2.75, 3.05) is 0 Å². The van der Waals surface area contributed by atoms with Crippen molar-refractivity contribution < 1.29 is 10.2 Å². The van der Waals surface area contributed by atoms with E-state index in [1.54, 1.807) is 5.57 Å². The fourth-order valence-corrected chi connectivity index (χ4v) is 5.48. The van der Waals surface area contributed by atoms with Gasteiger partial charge in [-0.3, -0.25) is 0 Å². The third kappa shape index (κ3) is 3.08. The molecule has 3 saturated carbocycles. The minimum atomic E-state index is -0.587. The first-order valence-electron chi connectivity index (χ1n) is 9.40. The summed E-state index contributed by atoms with van der Waals surface area (Å²) in [4.78, 5) is 0. The zero-order valence-electron chi connectivity index (χ0n) is 14.7. The topological polar surface area (TPSA) is 40.5 Å². The fraction of sp³-hybridized carbons (Fsp3) is 0.714. The predicted molar refractivity (Wildman–Crippen MR) is 95.0 cm³/mol. The molecule has 3 fully saturated rings. The van der Waals surface area contributed by atoms with Gasteiger partial charge in [0.15, 0.2) is 0 Å². The SMILES string of the molecule is C=C1/C(=C\C=C2/CCC[C@]3(C)C(CC)CC[C@@H]23)C[C@@H](O)C[C@@H]1O. The third-order valence-electron chi connectivity index (χ3n) is 6.92. The molecule has 3 rings (SSSR count). The molecule has 5 atom stereocenters. The van der Waals surface area contributed by atoms with Crippen LogP contribution in [0.25, 0.3) is 0 Å². The molecule has 0 heterocycles. The van der Waals surface area contributed by atoms with Gasteiger partial charge in [0.05, 0.1) is 12.2 Å². The number of hydrogen-bond acceptors (Lipinski definition) is 2. The summed E-state index contributed by atoms with van der Waals surface area (Å²) in [6.45, 7) is 8.87. The monoisotopic (exact) mass is 316 g/mol. The molecular formula is C21H32O2. The van der Waals surface area contributed by atoms with Gasteiger partial charge in [-0.15, -0.1) is 0 Å². The first-order valence-corrected chi connectivity index (χ1v) is 9.40. The minimum Gasteiger partial charge on any atom is -0.393 e. The highest BCUT2D eigenvalue weighted by Crippen LogP contribution is 2.58. The highest BCUT2D eigenvalue weighted by molar-refractivity contribution is 5.38. The molecule has 0 aromatic rings. The molecule has 0 saturated heterocycles. The van der Waals surface area contributed by atoms with E-state index < -0.39 is 12.2 Å². The lowest BCUT2D eigenvalue weighted by molar-refractivity contribution is 0.0862. The number of allylic oxidation sites excluding steroid dienone is 3. The Hall–Kier alpha value is -0.860. The van der Waals surface area contributed by atoms with Crippen LogP contribution in [0, 0.1) is 17.3 Å². The molecule has 0 spiro atoms. The van der Waals surface area contributed by atoms with Crippen molar-refractivity contribution in [2.45, 2.75) is 77.4 Å². The van der Waals surface area contributed by atoms with Crippen molar-refractivity contribution in [2.24, 2.45) is 17.3 Å². The van der Waals surface area contributed by atoms with E-state index in [-0.39, 0.29) is 0 Å². The van der Waals surface area contributed by atoms with Gasteiger partial charge in [-0.1, -0.05) is 44.6 Å². The van der Waals surface area contributed by atoms with Gasteiger partial charge in [-0.05, 0) is 66.9 Å². The van der Waals surface area contributed by atoms with Gasteiger partial charge in [0.2, 0.25) is 0 Å². The van der Waals surface area contributed by atoms with Crippen LogP contribution in [-0.2, 0) is 0 Å². The van der Waals surface area contributed by atoms with Crippen LogP contribution in [-0.4, -0.2) is 22.4 Å². The third-order valence-corrected chi connectivity index (χ3v) is 6.92. The highest BCUT2D eigenvalue weighted by Gasteiger charge is 2.48. The van der Waals surface area contributed by atoms with E-state index in [0.29, 0.717) is 18.3 Å². The van der Waals surface area contributed by atoms with Gasteiger partial charge in [0, 0.05) is 6.42 Å². The summed E-state index contributed by atoms with van der Waals surface area (Å²) in [5, 5.41) is 19.9. The Morgan fingerprint density at radius 1 is 1.26 bits per heavy atom. The number of aliphatic hydroxyl groups excluding tert-OH is 2. The maximum atomic E-state index is 9.99. The molecular weight excluding hydrogens is 284 g/mol. The second kappa shape index (κ2) is 6.57. The normalized spacial score (nSPS) is 44.8. The lowest BCUT2D eigenvalue weighted by Gasteiger charge is -2.42. The summed E-state index contributed by atoms with van der Waals surface area (Å²) in [5.41, 5.74) is 3.90. The number of aliphatic hydroxyl groups is 2. The molecule has 23 heavy (non-hydrogen) atoms. The van der Waals surface area contributed by atoms with Crippen molar-refractivity contribution in [3.8, 4) is 0 Å². The van der Waals surface area contributed by atoms with E-state index >= 15 is 0 Å². The quantitative estimate of drug-likeness (QED) is 0.785. The molecule has 0 amide bonds. The molecule has 0 aromatic carbocycles. The summed E-state index contributed by atoms with van der Waals surface area (Å²) >= 11 is 0. The smallest absolute Gasteiger partial charge is 0.0811 e. The molecule has 0 aliphatic heterocycles. The van der Waals surface area contributed by atoms with Crippen molar-refractivity contribution in [3.05, 3.63) is 35.5 Å². The number of rotatable bonds is 2. The van der Waals surface area contributed by atoms with Gasteiger partial charge in [0.1, 0.15) is 0 Å². The highest BCUT2D eigenvalue weighted by atomic mass is 16.3. The van der Waals surface area contributed by atoms with Crippen LogP contribution in [0.5, 0.6) is 0 Å². The zero-order valence-corrected chi connectivity index (χ0v) is 14.7. The molecule has 0 bridgehead atoms. The Kier molecular flexibility index (Phi) is 4.85. The van der Waals surface area contributed by atoms with E-state index in [0.717, 1.165) is 23.0 Å². The molecule has 128 valence electrons. The van der Waals surface area contributed by atoms with Crippen LogP contribution >= 0.6 is 0 Å². The maximum Gasteiger partial charge on any atom is 0.0811 e. The molecule has 2 nitrogen and oxygen atoms in total. The Bertz CT molecular complexity index is 530. The standard InChI is InChI=1S/C21H32O2/c1-4-17-9-10-19-15(6-5-11-21(17,19)3)7-8-16-12-18(22)13-20(23)14(16)2/h7-8,17-20,22-23H,2,4-6,9-13H2,1,3H3/b15-7+,16-8-/t17?,18-,19+,20+,21-/m1/s1. The largest absolute Gasteiger partial charge is 0.393 e. The molecule has 1 unspecified atom stereocenters. The van der Waals surface area contributed by atoms with Crippen LogP contribution in [0.3, 0.4) is 0 Å². The van der Waals surface area contributed by atoms with Gasteiger partial charge in [-0.25, -0.2) is 0 Å². The second-order valence-electron chi connectivity index (χ2n) is 8.16. The second-order valence-corrected chi connectivity index (χ2v) is 8.16. The Balaban J connectivity index is 1.82. The Labute approximate surface area is 141 Å². The predicted octanol–water partition coefficient (Wildman–Crippen LogP) is 4.54.